The molecule has 1 aromatic heterocycles. The maximum absolute atomic E-state index is 11.7. The minimum absolute atomic E-state index is 0.199. The summed E-state index contributed by atoms with van der Waals surface area (Å²) in [5.74, 6) is 0.171. The minimum atomic E-state index is -0.199. The fourth-order valence-corrected chi connectivity index (χ4v) is 1.58. The van der Waals surface area contributed by atoms with E-state index in [1.165, 1.54) is 0 Å². The molecule has 0 saturated carbocycles. The fourth-order valence-electron chi connectivity index (χ4n) is 1.48. The maximum Gasteiger partial charge on any atom is 0.253 e. The van der Waals surface area contributed by atoms with Crippen LogP contribution in [0.2, 0.25) is 0 Å². The first-order valence-corrected chi connectivity index (χ1v) is 5.13. The summed E-state index contributed by atoms with van der Waals surface area (Å²) in [6, 6.07) is 0. The fraction of sp³-hybridized carbons (Fsp3) is 0.400. The van der Waals surface area contributed by atoms with Crippen LogP contribution in [0.15, 0.2) is 0 Å². The van der Waals surface area contributed by atoms with Gasteiger partial charge in [0.1, 0.15) is 0 Å². The van der Waals surface area contributed by atoms with Crippen LogP contribution in [0.5, 0.6) is 0 Å². The van der Waals surface area contributed by atoms with Crippen LogP contribution in [0.25, 0.3) is 0 Å². The zero-order chi connectivity index (χ0) is 11.4. The molecule has 1 heterocycles. The summed E-state index contributed by atoms with van der Waals surface area (Å²) in [5.41, 5.74) is 2.35. The molecule has 5 heteroatoms. The number of hydrogen-bond donors (Lipinski definition) is 2. The largest absolute Gasteiger partial charge is 0.356 e. The molecule has 0 aliphatic heterocycles. The van der Waals surface area contributed by atoms with Crippen molar-refractivity contribution in [2.75, 3.05) is 12.4 Å². The first-order chi connectivity index (χ1) is 7.11. The molecule has 0 aromatic carbocycles. The SMILES string of the molecule is Cc1[nH]c(C=O)c(C)c1C(=O)NCCCl. The average molecular weight is 229 g/mol. The lowest BCUT2D eigenvalue weighted by Crippen LogP contribution is -2.26. The summed E-state index contributed by atoms with van der Waals surface area (Å²) < 4.78 is 0. The Labute approximate surface area is 93.0 Å². The Hall–Kier alpha value is -1.29. The lowest BCUT2D eigenvalue weighted by molar-refractivity contribution is 0.0955. The number of alkyl halides is 1. The number of carbonyl (C=O) groups excluding carboxylic acids is 2. The van der Waals surface area contributed by atoms with E-state index in [0.717, 1.165) is 0 Å². The van der Waals surface area contributed by atoms with E-state index in [-0.39, 0.29) is 5.91 Å². The van der Waals surface area contributed by atoms with Crippen LogP contribution in [-0.4, -0.2) is 29.6 Å². The monoisotopic (exact) mass is 228 g/mol. The van der Waals surface area contributed by atoms with Crippen molar-refractivity contribution in [2.24, 2.45) is 0 Å². The van der Waals surface area contributed by atoms with Gasteiger partial charge in [0.15, 0.2) is 6.29 Å². The van der Waals surface area contributed by atoms with Gasteiger partial charge in [-0.1, -0.05) is 0 Å². The second-order valence-electron chi connectivity index (χ2n) is 3.23. The Kier molecular flexibility index (Phi) is 3.91. The number of rotatable bonds is 4. The second-order valence-corrected chi connectivity index (χ2v) is 3.60. The molecule has 82 valence electrons. The number of aryl methyl sites for hydroxylation is 1. The zero-order valence-electron chi connectivity index (χ0n) is 8.69. The molecular formula is C10H13ClN2O2. The van der Waals surface area contributed by atoms with Crippen molar-refractivity contribution in [3.8, 4) is 0 Å². The summed E-state index contributed by atoms with van der Waals surface area (Å²) in [6.07, 6.45) is 0.709. The predicted octanol–water partition coefficient (Wildman–Crippen LogP) is 1.41. The third-order valence-electron chi connectivity index (χ3n) is 2.20. The van der Waals surface area contributed by atoms with Gasteiger partial charge in [0.05, 0.1) is 11.3 Å². The van der Waals surface area contributed by atoms with Crippen molar-refractivity contribution < 1.29 is 9.59 Å². The van der Waals surface area contributed by atoms with Gasteiger partial charge in [0, 0.05) is 18.1 Å². The highest BCUT2D eigenvalue weighted by Crippen LogP contribution is 2.16. The van der Waals surface area contributed by atoms with Crippen LogP contribution < -0.4 is 5.32 Å². The summed E-state index contributed by atoms with van der Waals surface area (Å²) in [6.45, 7) is 3.92. The smallest absolute Gasteiger partial charge is 0.253 e. The van der Waals surface area contributed by atoms with Crippen LogP contribution in [0.4, 0.5) is 0 Å². The van der Waals surface area contributed by atoms with Gasteiger partial charge in [-0.25, -0.2) is 0 Å². The predicted molar refractivity (Wildman–Crippen MR) is 58.7 cm³/mol. The molecule has 0 atom stereocenters. The second kappa shape index (κ2) is 4.98. The Morgan fingerprint density at radius 2 is 2.20 bits per heavy atom. The summed E-state index contributed by atoms with van der Waals surface area (Å²) in [5, 5.41) is 2.66. The van der Waals surface area contributed by atoms with Gasteiger partial charge in [0.2, 0.25) is 0 Å². The molecular weight excluding hydrogens is 216 g/mol. The van der Waals surface area contributed by atoms with Crippen LogP contribution in [-0.2, 0) is 0 Å². The first-order valence-electron chi connectivity index (χ1n) is 4.60. The molecule has 4 nitrogen and oxygen atoms in total. The number of carbonyl (C=O) groups is 2. The van der Waals surface area contributed by atoms with Gasteiger partial charge < -0.3 is 10.3 Å². The van der Waals surface area contributed by atoms with Crippen LogP contribution in [0, 0.1) is 13.8 Å². The molecule has 0 aliphatic carbocycles. The van der Waals surface area contributed by atoms with Crippen molar-refractivity contribution in [3.63, 3.8) is 0 Å². The number of aromatic amines is 1. The van der Waals surface area contributed by atoms with Crippen molar-refractivity contribution in [1.29, 1.82) is 0 Å². The highest BCUT2D eigenvalue weighted by Gasteiger charge is 2.16. The molecule has 2 N–H and O–H groups in total. The number of hydrogen-bond acceptors (Lipinski definition) is 2. The Balaban J connectivity index is 2.98. The van der Waals surface area contributed by atoms with Crippen molar-refractivity contribution >= 4 is 23.8 Å². The lowest BCUT2D eigenvalue weighted by atomic mass is 10.1. The number of aromatic nitrogens is 1. The van der Waals surface area contributed by atoms with Gasteiger partial charge in [-0.05, 0) is 19.4 Å². The molecule has 1 rings (SSSR count). The zero-order valence-corrected chi connectivity index (χ0v) is 9.44. The van der Waals surface area contributed by atoms with E-state index >= 15 is 0 Å². The van der Waals surface area contributed by atoms with Crippen LogP contribution >= 0.6 is 11.6 Å². The maximum atomic E-state index is 11.7. The molecule has 0 spiro atoms. The molecule has 0 radical (unpaired) electrons. The third kappa shape index (κ3) is 2.39. The number of H-pyrrole nitrogens is 1. The van der Waals surface area contributed by atoms with Gasteiger partial charge >= 0.3 is 0 Å². The van der Waals surface area contributed by atoms with Crippen LogP contribution in [0.1, 0.15) is 32.1 Å². The molecule has 0 saturated heterocycles. The van der Waals surface area contributed by atoms with E-state index in [0.29, 0.717) is 41.2 Å². The summed E-state index contributed by atoms with van der Waals surface area (Å²) in [4.78, 5) is 25.2. The van der Waals surface area contributed by atoms with E-state index in [4.69, 9.17) is 11.6 Å². The molecule has 0 aliphatic rings. The van der Waals surface area contributed by atoms with E-state index in [1.807, 2.05) is 0 Å². The standard InChI is InChI=1S/C10H13ClN2O2/c1-6-8(5-14)13-7(2)9(6)10(15)12-4-3-11/h5,13H,3-4H2,1-2H3,(H,12,15). The van der Waals surface area contributed by atoms with Crippen LogP contribution in [0.3, 0.4) is 0 Å². The van der Waals surface area contributed by atoms with E-state index in [9.17, 15) is 9.59 Å². The quantitative estimate of drug-likeness (QED) is 0.605. The van der Waals surface area contributed by atoms with Crippen molar-refractivity contribution in [3.05, 3.63) is 22.5 Å². The number of aldehydes is 1. The number of nitrogens with one attached hydrogen (secondary N) is 2. The number of halogens is 1. The third-order valence-corrected chi connectivity index (χ3v) is 2.39. The first kappa shape index (κ1) is 11.8. The summed E-state index contributed by atoms with van der Waals surface area (Å²) >= 11 is 5.47. The molecule has 1 aromatic rings. The molecule has 0 bridgehead atoms. The van der Waals surface area contributed by atoms with Crippen molar-refractivity contribution in [2.45, 2.75) is 13.8 Å². The highest BCUT2D eigenvalue weighted by atomic mass is 35.5. The van der Waals surface area contributed by atoms with E-state index < -0.39 is 0 Å². The minimum Gasteiger partial charge on any atom is -0.356 e. The summed E-state index contributed by atoms with van der Waals surface area (Å²) in [7, 11) is 0. The van der Waals surface area contributed by atoms with E-state index in [1.54, 1.807) is 13.8 Å². The number of amides is 1. The molecule has 15 heavy (non-hydrogen) atoms. The van der Waals surface area contributed by atoms with Gasteiger partial charge in [-0.2, -0.15) is 0 Å². The van der Waals surface area contributed by atoms with Gasteiger partial charge in [-0.15, -0.1) is 11.6 Å². The topological polar surface area (TPSA) is 62.0 Å². The van der Waals surface area contributed by atoms with Gasteiger partial charge in [0.25, 0.3) is 5.91 Å². The highest BCUT2D eigenvalue weighted by molar-refractivity contribution is 6.18. The molecule has 0 unspecified atom stereocenters. The normalized spacial score (nSPS) is 10.1. The van der Waals surface area contributed by atoms with Gasteiger partial charge in [-0.3, -0.25) is 9.59 Å². The molecule has 1 amide bonds. The Morgan fingerprint density at radius 1 is 1.53 bits per heavy atom. The lowest BCUT2D eigenvalue weighted by Gasteiger charge is -2.03. The van der Waals surface area contributed by atoms with Crippen molar-refractivity contribution in [1.82, 2.24) is 10.3 Å². The molecule has 0 fully saturated rings. The Bertz CT molecular complexity index is 385. The van der Waals surface area contributed by atoms with E-state index in [2.05, 4.69) is 10.3 Å². The average Bonchev–Trinajstić information content (AvgIpc) is 2.50. The Morgan fingerprint density at radius 3 is 2.67 bits per heavy atom.